The SMILES string of the molecule is Cc1nnc(N[C@H](C)c2cccc(C(F)(F)F)c2F)c2cc(N3CC(C)(O)C3)c(C(F)(F)F)nc12. The predicted octanol–water partition coefficient (Wildman–Crippen LogP) is 5.25. The number of aryl methyl sites for hydroxylation is 1. The Morgan fingerprint density at radius 3 is 2.31 bits per heavy atom. The molecule has 1 aliphatic rings. The molecule has 0 amide bonds. The molecule has 1 fully saturated rings. The quantitative estimate of drug-likeness (QED) is 0.474. The van der Waals surface area contributed by atoms with E-state index >= 15 is 0 Å². The molecule has 13 heteroatoms. The van der Waals surface area contributed by atoms with E-state index in [1.165, 1.54) is 37.8 Å². The van der Waals surface area contributed by atoms with E-state index in [4.69, 9.17) is 0 Å². The van der Waals surface area contributed by atoms with Crippen LogP contribution in [0.2, 0.25) is 0 Å². The highest BCUT2D eigenvalue weighted by molar-refractivity contribution is 5.93. The van der Waals surface area contributed by atoms with Gasteiger partial charge in [0.05, 0.1) is 34.1 Å². The van der Waals surface area contributed by atoms with E-state index in [1.807, 2.05) is 0 Å². The molecule has 0 unspecified atom stereocenters. The number of aromatic nitrogens is 3. The predicted molar refractivity (Wildman–Crippen MR) is 113 cm³/mol. The summed E-state index contributed by atoms with van der Waals surface area (Å²) in [4.78, 5) is 5.10. The summed E-state index contributed by atoms with van der Waals surface area (Å²) in [6.45, 7) is 4.16. The minimum absolute atomic E-state index is 0.0601. The topological polar surface area (TPSA) is 74.2 Å². The van der Waals surface area contributed by atoms with E-state index in [-0.39, 0.29) is 46.8 Å². The molecule has 3 aromatic rings. The molecule has 0 aliphatic carbocycles. The molecule has 1 aromatic carbocycles. The summed E-state index contributed by atoms with van der Waals surface area (Å²) < 4.78 is 95.3. The van der Waals surface area contributed by atoms with Crippen LogP contribution in [0.3, 0.4) is 0 Å². The van der Waals surface area contributed by atoms with Crippen LogP contribution >= 0.6 is 0 Å². The van der Waals surface area contributed by atoms with E-state index in [0.29, 0.717) is 6.07 Å². The highest BCUT2D eigenvalue weighted by atomic mass is 19.4. The molecule has 1 aliphatic heterocycles. The Labute approximate surface area is 194 Å². The number of rotatable bonds is 4. The Hall–Kier alpha value is -3.22. The van der Waals surface area contributed by atoms with Gasteiger partial charge in [0.15, 0.2) is 11.5 Å². The molecule has 4 rings (SSSR count). The molecule has 6 nitrogen and oxygen atoms in total. The highest BCUT2D eigenvalue weighted by Crippen LogP contribution is 2.42. The molecule has 2 N–H and O–H groups in total. The van der Waals surface area contributed by atoms with Crippen molar-refractivity contribution in [1.82, 2.24) is 15.2 Å². The van der Waals surface area contributed by atoms with Gasteiger partial charge in [-0.2, -0.15) is 31.4 Å². The summed E-state index contributed by atoms with van der Waals surface area (Å²) >= 11 is 0. The Kier molecular flexibility index (Phi) is 5.81. The molecular weight excluding hydrogens is 483 g/mol. The number of hydrogen-bond donors (Lipinski definition) is 2. The van der Waals surface area contributed by atoms with Crippen LogP contribution in [0.4, 0.5) is 42.2 Å². The van der Waals surface area contributed by atoms with E-state index in [9.17, 15) is 35.8 Å². The molecule has 0 bridgehead atoms. The molecular formula is C22H20F7N5O. The lowest BCUT2D eigenvalue weighted by molar-refractivity contribution is -0.141. The molecule has 35 heavy (non-hydrogen) atoms. The fourth-order valence-electron chi connectivity index (χ4n) is 4.07. The number of nitrogens with zero attached hydrogens (tertiary/aromatic N) is 4. The van der Waals surface area contributed by atoms with Crippen LogP contribution in [0.1, 0.15) is 42.4 Å². The maximum atomic E-state index is 14.6. The summed E-state index contributed by atoms with van der Waals surface area (Å²) in [6, 6.07) is 2.99. The minimum Gasteiger partial charge on any atom is -0.386 e. The first kappa shape index (κ1) is 24.9. The smallest absolute Gasteiger partial charge is 0.386 e. The Balaban J connectivity index is 1.80. The van der Waals surface area contributed by atoms with Crippen LogP contribution in [0.25, 0.3) is 10.9 Å². The number of fused-ring (bicyclic) bond motifs is 1. The Bertz CT molecular complexity index is 1280. The highest BCUT2D eigenvalue weighted by Gasteiger charge is 2.44. The average molecular weight is 503 g/mol. The Morgan fingerprint density at radius 1 is 1.09 bits per heavy atom. The fourth-order valence-corrected chi connectivity index (χ4v) is 4.07. The molecule has 1 atom stereocenters. The van der Waals surface area contributed by atoms with Crippen LogP contribution in [-0.4, -0.2) is 39.0 Å². The van der Waals surface area contributed by atoms with Crippen molar-refractivity contribution in [2.45, 2.75) is 44.8 Å². The normalized spacial score (nSPS) is 16.8. The van der Waals surface area contributed by atoms with Gasteiger partial charge in [-0.25, -0.2) is 9.37 Å². The second kappa shape index (κ2) is 8.18. The lowest BCUT2D eigenvalue weighted by Crippen LogP contribution is -2.60. The van der Waals surface area contributed by atoms with Gasteiger partial charge in [0, 0.05) is 24.0 Å². The van der Waals surface area contributed by atoms with Crippen LogP contribution < -0.4 is 10.2 Å². The average Bonchev–Trinajstić information content (AvgIpc) is 2.71. The van der Waals surface area contributed by atoms with Gasteiger partial charge in [-0.3, -0.25) is 0 Å². The van der Waals surface area contributed by atoms with Crippen molar-refractivity contribution < 1.29 is 35.8 Å². The number of halogens is 7. The first-order valence-electron chi connectivity index (χ1n) is 10.4. The summed E-state index contributed by atoms with van der Waals surface area (Å²) in [6.07, 6.45) is -9.70. The third-order valence-electron chi connectivity index (χ3n) is 5.73. The molecule has 1 saturated heterocycles. The van der Waals surface area contributed by atoms with Gasteiger partial charge in [-0.15, -0.1) is 5.10 Å². The maximum absolute atomic E-state index is 14.6. The zero-order valence-corrected chi connectivity index (χ0v) is 18.7. The number of benzene rings is 1. The number of nitrogens with one attached hydrogen (secondary N) is 1. The zero-order valence-electron chi connectivity index (χ0n) is 18.7. The van der Waals surface area contributed by atoms with Gasteiger partial charge in [-0.05, 0) is 32.9 Å². The van der Waals surface area contributed by atoms with Crippen molar-refractivity contribution in [3.05, 3.63) is 52.6 Å². The lowest BCUT2D eigenvalue weighted by Gasteiger charge is -2.46. The maximum Gasteiger partial charge on any atom is 0.435 e. The zero-order chi connectivity index (χ0) is 25.9. The molecule has 0 spiro atoms. The van der Waals surface area contributed by atoms with Crippen molar-refractivity contribution in [3.63, 3.8) is 0 Å². The van der Waals surface area contributed by atoms with Crippen LogP contribution in [0, 0.1) is 12.7 Å². The van der Waals surface area contributed by atoms with E-state index in [2.05, 4.69) is 20.5 Å². The van der Waals surface area contributed by atoms with Gasteiger partial charge < -0.3 is 15.3 Å². The van der Waals surface area contributed by atoms with E-state index in [0.717, 1.165) is 6.07 Å². The number of anilines is 2. The number of aliphatic hydroxyl groups is 1. The van der Waals surface area contributed by atoms with Crippen LogP contribution in [-0.2, 0) is 12.4 Å². The molecule has 188 valence electrons. The van der Waals surface area contributed by atoms with Crippen molar-refractivity contribution in [3.8, 4) is 0 Å². The number of hydrogen-bond acceptors (Lipinski definition) is 6. The Morgan fingerprint density at radius 2 is 1.74 bits per heavy atom. The van der Waals surface area contributed by atoms with Crippen LogP contribution in [0.5, 0.6) is 0 Å². The second-order valence-electron chi connectivity index (χ2n) is 8.81. The van der Waals surface area contributed by atoms with Gasteiger partial charge in [0.2, 0.25) is 0 Å². The summed E-state index contributed by atoms with van der Waals surface area (Å²) in [5.41, 5.74) is -4.40. The summed E-state index contributed by atoms with van der Waals surface area (Å²) in [5, 5.41) is 20.6. The lowest BCUT2D eigenvalue weighted by atomic mass is 9.95. The van der Waals surface area contributed by atoms with Crippen molar-refractivity contribution in [2.75, 3.05) is 23.3 Å². The first-order valence-corrected chi connectivity index (χ1v) is 10.4. The number of alkyl halides is 6. The molecule has 3 heterocycles. The molecule has 2 aromatic heterocycles. The first-order chi connectivity index (χ1) is 16.1. The molecule has 0 saturated carbocycles. The van der Waals surface area contributed by atoms with Gasteiger partial charge in [-0.1, -0.05) is 12.1 Å². The second-order valence-corrected chi connectivity index (χ2v) is 8.81. The monoisotopic (exact) mass is 503 g/mol. The summed E-state index contributed by atoms with van der Waals surface area (Å²) in [5.74, 6) is -1.55. The number of pyridine rings is 1. The van der Waals surface area contributed by atoms with Gasteiger partial charge in [0.1, 0.15) is 5.82 Å². The van der Waals surface area contributed by atoms with Gasteiger partial charge >= 0.3 is 12.4 Å². The third-order valence-corrected chi connectivity index (χ3v) is 5.73. The fraction of sp³-hybridized carbons (Fsp3) is 0.409. The van der Waals surface area contributed by atoms with E-state index in [1.54, 1.807) is 0 Å². The van der Waals surface area contributed by atoms with Gasteiger partial charge in [0.25, 0.3) is 0 Å². The van der Waals surface area contributed by atoms with Crippen molar-refractivity contribution in [2.24, 2.45) is 0 Å². The van der Waals surface area contributed by atoms with Crippen molar-refractivity contribution in [1.29, 1.82) is 0 Å². The number of β-amino-alcohol motifs (C(OH)–C–C–N with tert-alkyl or cyclic N) is 1. The standard InChI is InChI=1S/C22H20F7N5O/c1-10(12-5-4-6-14(16(12)23)21(24,25)26)30-19-13-7-15(34-8-20(3,35)9-34)18(22(27,28)29)31-17(13)11(2)32-33-19/h4-7,10,35H,8-9H2,1-3H3,(H,30,33)/t10-/m1/s1. The van der Waals surface area contributed by atoms with Crippen LogP contribution in [0.15, 0.2) is 24.3 Å². The minimum atomic E-state index is -4.90. The van der Waals surface area contributed by atoms with E-state index < -0.39 is 41.1 Å². The summed E-state index contributed by atoms with van der Waals surface area (Å²) in [7, 11) is 0. The third kappa shape index (κ3) is 4.68. The molecule has 0 radical (unpaired) electrons. The van der Waals surface area contributed by atoms with Crippen molar-refractivity contribution >= 4 is 22.4 Å². The largest absolute Gasteiger partial charge is 0.435 e.